The van der Waals surface area contributed by atoms with Crippen LogP contribution in [0.15, 0.2) is 66.7 Å². The van der Waals surface area contributed by atoms with E-state index in [1.165, 1.54) is 12.1 Å². The minimum absolute atomic E-state index is 0.0792. The van der Waals surface area contributed by atoms with Gasteiger partial charge in [0.15, 0.2) is 0 Å². The average molecular weight is 538 g/mol. The lowest BCUT2D eigenvalue weighted by Crippen LogP contribution is -2.39. The van der Waals surface area contributed by atoms with Crippen molar-refractivity contribution < 1.29 is 23.5 Å². The number of ether oxygens (including phenoxy) is 1. The molecule has 0 saturated heterocycles. The monoisotopic (exact) mass is 537 g/mol. The van der Waals surface area contributed by atoms with Gasteiger partial charge in [-0.3, -0.25) is 9.59 Å². The van der Waals surface area contributed by atoms with Crippen LogP contribution in [0.25, 0.3) is 0 Å². The van der Waals surface area contributed by atoms with E-state index in [1.807, 2.05) is 48.5 Å². The highest BCUT2D eigenvalue weighted by Crippen LogP contribution is 2.42. The number of fused-ring (bicyclic) bond motifs is 1. The van der Waals surface area contributed by atoms with Crippen LogP contribution >= 0.6 is 11.6 Å². The maximum Gasteiger partial charge on any atom is 0.407 e. The number of rotatable bonds is 5. The van der Waals surface area contributed by atoms with Crippen LogP contribution in [0, 0.1) is 5.82 Å². The zero-order valence-electron chi connectivity index (χ0n) is 21.3. The Bertz CT molecular complexity index is 1350. The van der Waals surface area contributed by atoms with Gasteiger partial charge in [-0.2, -0.15) is 0 Å². The molecule has 1 unspecified atom stereocenters. The zero-order valence-corrected chi connectivity index (χ0v) is 22.1. The number of alkyl carbamates (subject to hydrolysis) is 1. The van der Waals surface area contributed by atoms with Crippen molar-refractivity contribution in [3.63, 3.8) is 0 Å². The molecule has 1 aliphatic rings. The van der Waals surface area contributed by atoms with Crippen LogP contribution < -0.4 is 16.0 Å². The number of carbonyl (C=O) groups is 3. The van der Waals surface area contributed by atoms with E-state index in [0.29, 0.717) is 13.0 Å². The Hall–Kier alpha value is -3.91. The summed E-state index contributed by atoms with van der Waals surface area (Å²) in [6.45, 7) is 5.72. The summed E-state index contributed by atoms with van der Waals surface area (Å²) in [6, 6.07) is 18.9. The molecule has 0 aliphatic heterocycles. The van der Waals surface area contributed by atoms with Gasteiger partial charge in [-0.15, -0.1) is 0 Å². The van der Waals surface area contributed by atoms with Gasteiger partial charge in [0.1, 0.15) is 11.4 Å². The molecule has 0 radical (unpaired) electrons. The fraction of sp³-hybridized carbons (Fsp3) is 0.276. The minimum atomic E-state index is -0.904. The summed E-state index contributed by atoms with van der Waals surface area (Å²) in [4.78, 5) is 37.4. The molecular weight excluding hydrogens is 509 g/mol. The van der Waals surface area contributed by atoms with Crippen LogP contribution in [0.1, 0.15) is 55.0 Å². The van der Waals surface area contributed by atoms with Crippen molar-refractivity contribution >= 4 is 35.2 Å². The Morgan fingerprint density at radius 2 is 1.71 bits per heavy atom. The number of anilines is 1. The van der Waals surface area contributed by atoms with Crippen molar-refractivity contribution in [1.29, 1.82) is 0 Å². The summed E-state index contributed by atoms with van der Waals surface area (Å²) in [5.41, 5.74) is 3.45. The number of amides is 3. The van der Waals surface area contributed by atoms with Gasteiger partial charge in [0, 0.05) is 18.2 Å². The molecule has 3 aromatic rings. The number of halogens is 2. The van der Waals surface area contributed by atoms with Gasteiger partial charge < -0.3 is 20.7 Å². The average Bonchev–Trinajstić information content (AvgIpc) is 3.22. The maximum atomic E-state index is 13.7. The lowest BCUT2D eigenvalue weighted by atomic mass is 9.91. The second kappa shape index (κ2) is 11.2. The van der Waals surface area contributed by atoms with Crippen molar-refractivity contribution in [2.24, 2.45) is 0 Å². The molecule has 0 bridgehead atoms. The van der Waals surface area contributed by atoms with E-state index in [1.54, 1.807) is 20.8 Å². The molecule has 4 rings (SSSR count). The predicted octanol–water partition coefficient (Wildman–Crippen LogP) is 5.64. The van der Waals surface area contributed by atoms with Crippen molar-refractivity contribution in [1.82, 2.24) is 10.6 Å². The predicted molar refractivity (Wildman–Crippen MR) is 143 cm³/mol. The standard InChI is InChI=1S/C29H29ClFN3O4/c1-29(2,3)38-28(37)32-16-17-8-10-18(11-9-17)22-14-19-6-4-5-7-21(19)25(22)34-27(36)26(35)33-20-12-13-23(30)24(31)15-20/h4-13,15,22,25H,14,16H2,1-3H3,(H,32,37)(H,33,35)(H,34,36)/t22?,25-/m0/s1. The summed E-state index contributed by atoms with van der Waals surface area (Å²) in [5, 5.41) is 7.93. The lowest BCUT2D eigenvalue weighted by Gasteiger charge is -2.23. The molecule has 0 saturated carbocycles. The number of nitrogens with one attached hydrogen (secondary N) is 3. The maximum absolute atomic E-state index is 13.7. The third kappa shape index (κ3) is 6.69. The molecule has 2 atom stereocenters. The van der Waals surface area contributed by atoms with Gasteiger partial charge in [-0.05, 0) is 67.6 Å². The number of hydrogen-bond donors (Lipinski definition) is 3. The summed E-state index contributed by atoms with van der Waals surface area (Å²) < 4.78 is 19.0. The Morgan fingerprint density at radius 3 is 2.39 bits per heavy atom. The third-order valence-electron chi connectivity index (χ3n) is 6.15. The molecule has 9 heteroatoms. The second-order valence-electron chi connectivity index (χ2n) is 10.1. The van der Waals surface area contributed by atoms with E-state index in [0.717, 1.165) is 28.3 Å². The Balaban J connectivity index is 1.45. The molecule has 3 aromatic carbocycles. The normalized spacial score (nSPS) is 16.3. The van der Waals surface area contributed by atoms with Gasteiger partial charge in [-0.1, -0.05) is 60.1 Å². The van der Waals surface area contributed by atoms with Crippen LogP contribution in [-0.4, -0.2) is 23.5 Å². The van der Waals surface area contributed by atoms with Gasteiger partial charge in [0.25, 0.3) is 0 Å². The van der Waals surface area contributed by atoms with E-state index in [9.17, 15) is 18.8 Å². The SMILES string of the molecule is CC(C)(C)OC(=O)NCc1ccc(C2Cc3ccccc3[C@@H]2NC(=O)C(=O)Nc2ccc(Cl)c(F)c2)cc1. The number of hydrogen-bond acceptors (Lipinski definition) is 4. The Kier molecular flexibility index (Phi) is 8.02. The van der Waals surface area contributed by atoms with Crippen molar-refractivity contribution in [3.8, 4) is 0 Å². The molecule has 0 aromatic heterocycles. The Morgan fingerprint density at radius 1 is 1.00 bits per heavy atom. The molecule has 1 aliphatic carbocycles. The number of benzene rings is 3. The van der Waals surface area contributed by atoms with Crippen LogP contribution in [0.5, 0.6) is 0 Å². The van der Waals surface area contributed by atoms with E-state index in [-0.39, 0.29) is 16.6 Å². The quantitative estimate of drug-likeness (QED) is 0.367. The summed E-state index contributed by atoms with van der Waals surface area (Å²) >= 11 is 5.69. The first-order valence-corrected chi connectivity index (χ1v) is 12.6. The lowest BCUT2D eigenvalue weighted by molar-refractivity contribution is -0.136. The third-order valence-corrected chi connectivity index (χ3v) is 6.45. The minimum Gasteiger partial charge on any atom is -0.444 e. The fourth-order valence-electron chi connectivity index (χ4n) is 4.42. The summed E-state index contributed by atoms with van der Waals surface area (Å²) in [6.07, 6.45) is 0.191. The van der Waals surface area contributed by atoms with Gasteiger partial charge in [0.05, 0.1) is 11.1 Å². The number of carbonyl (C=O) groups excluding carboxylic acids is 3. The molecule has 38 heavy (non-hydrogen) atoms. The molecular formula is C29H29ClFN3O4. The second-order valence-corrected chi connectivity index (χ2v) is 10.5. The smallest absolute Gasteiger partial charge is 0.407 e. The molecule has 7 nitrogen and oxygen atoms in total. The largest absolute Gasteiger partial charge is 0.444 e. The highest BCUT2D eigenvalue weighted by molar-refractivity contribution is 6.39. The molecule has 0 spiro atoms. The molecule has 3 N–H and O–H groups in total. The van der Waals surface area contributed by atoms with Gasteiger partial charge in [-0.25, -0.2) is 9.18 Å². The van der Waals surface area contributed by atoms with Crippen LogP contribution in [0.2, 0.25) is 5.02 Å². The topological polar surface area (TPSA) is 96.5 Å². The van der Waals surface area contributed by atoms with Crippen molar-refractivity contribution in [2.45, 2.75) is 51.3 Å². The van der Waals surface area contributed by atoms with Gasteiger partial charge >= 0.3 is 17.9 Å². The molecule has 198 valence electrons. The fourth-order valence-corrected chi connectivity index (χ4v) is 4.54. The first kappa shape index (κ1) is 27.1. The molecule has 3 amide bonds. The van der Waals surface area contributed by atoms with Crippen molar-refractivity contribution in [3.05, 3.63) is 99.8 Å². The van der Waals surface area contributed by atoms with E-state index in [2.05, 4.69) is 16.0 Å². The van der Waals surface area contributed by atoms with Crippen molar-refractivity contribution in [2.75, 3.05) is 5.32 Å². The van der Waals surface area contributed by atoms with Crippen LogP contribution in [0.3, 0.4) is 0 Å². The first-order chi connectivity index (χ1) is 18.0. The molecule has 0 fully saturated rings. The summed E-state index contributed by atoms with van der Waals surface area (Å²) in [7, 11) is 0. The van der Waals surface area contributed by atoms with E-state index >= 15 is 0 Å². The van der Waals surface area contributed by atoms with Crippen LogP contribution in [-0.2, 0) is 27.3 Å². The van der Waals surface area contributed by atoms with E-state index < -0.39 is 35.4 Å². The first-order valence-electron chi connectivity index (χ1n) is 12.2. The van der Waals surface area contributed by atoms with Crippen LogP contribution in [0.4, 0.5) is 14.9 Å². The summed E-state index contributed by atoms with van der Waals surface area (Å²) in [5.74, 6) is -2.53. The highest BCUT2D eigenvalue weighted by Gasteiger charge is 2.35. The Labute approximate surface area is 225 Å². The van der Waals surface area contributed by atoms with E-state index in [4.69, 9.17) is 16.3 Å². The highest BCUT2D eigenvalue weighted by atomic mass is 35.5. The zero-order chi connectivity index (χ0) is 27.4. The van der Waals surface area contributed by atoms with Gasteiger partial charge in [0.2, 0.25) is 0 Å². The molecule has 0 heterocycles.